The summed E-state index contributed by atoms with van der Waals surface area (Å²) in [5.74, 6) is 0. The van der Waals surface area contributed by atoms with Crippen LogP contribution >= 0.6 is 0 Å². The van der Waals surface area contributed by atoms with Crippen LogP contribution in [-0.4, -0.2) is 21.5 Å². The quantitative estimate of drug-likeness (QED) is 0.685. The number of H-pyrrole nitrogens is 1. The zero-order valence-electron chi connectivity index (χ0n) is 10.6. The molecule has 0 saturated carbocycles. The number of hydrogen-bond donors (Lipinski definition) is 2. The van der Waals surface area contributed by atoms with Crippen LogP contribution in [0.15, 0.2) is 49.1 Å². The molecule has 1 aromatic carbocycles. The van der Waals surface area contributed by atoms with Crippen molar-refractivity contribution in [3.05, 3.63) is 60.3 Å². The number of pyridine rings is 1. The topological polar surface area (TPSA) is 53.6 Å². The summed E-state index contributed by atoms with van der Waals surface area (Å²) in [6.45, 7) is 1.74. The largest absolute Gasteiger partial charge is 0.347 e. The first-order valence-electron chi connectivity index (χ1n) is 6.44. The van der Waals surface area contributed by atoms with Crippen molar-refractivity contribution in [3.63, 3.8) is 0 Å². The van der Waals surface area contributed by atoms with Crippen molar-refractivity contribution in [2.45, 2.75) is 13.0 Å². The molecule has 0 spiro atoms. The van der Waals surface area contributed by atoms with Crippen molar-refractivity contribution in [1.29, 1.82) is 0 Å². The second-order valence-electron chi connectivity index (χ2n) is 4.50. The maximum absolute atomic E-state index is 4.47. The molecule has 2 aromatic heterocycles. The zero-order chi connectivity index (χ0) is 12.9. The number of nitrogens with one attached hydrogen (secondary N) is 2. The van der Waals surface area contributed by atoms with Crippen LogP contribution in [0.4, 0.5) is 0 Å². The van der Waals surface area contributed by atoms with Gasteiger partial charge in [0.2, 0.25) is 0 Å². The van der Waals surface area contributed by atoms with Gasteiger partial charge >= 0.3 is 0 Å². The average molecular weight is 252 g/mol. The van der Waals surface area contributed by atoms with Gasteiger partial charge in [-0.3, -0.25) is 4.98 Å². The lowest BCUT2D eigenvalue weighted by Gasteiger charge is -2.06. The Kier molecular flexibility index (Phi) is 3.51. The smallest absolute Gasteiger partial charge is 0.0922 e. The Labute approximate surface area is 111 Å². The molecule has 0 radical (unpaired) electrons. The summed E-state index contributed by atoms with van der Waals surface area (Å²) in [5.41, 5.74) is 3.50. The summed E-state index contributed by atoms with van der Waals surface area (Å²) in [6, 6.07) is 10.4. The molecule has 0 atom stereocenters. The van der Waals surface area contributed by atoms with E-state index in [-0.39, 0.29) is 0 Å². The lowest BCUT2D eigenvalue weighted by Crippen LogP contribution is -2.17. The molecule has 0 aliphatic heterocycles. The van der Waals surface area contributed by atoms with Crippen molar-refractivity contribution < 1.29 is 0 Å². The molecule has 96 valence electrons. The molecule has 4 heteroatoms. The van der Waals surface area contributed by atoms with Crippen LogP contribution in [0.5, 0.6) is 0 Å². The Bertz CT molecular complexity index is 641. The number of hydrogen-bond acceptors (Lipinski definition) is 3. The molecule has 0 saturated heterocycles. The first-order chi connectivity index (χ1) is 9.43. The van der Waals surface area contributed by atoms with Gasteiger partial charge in [-0.2, -0.15) is 0 Å². The van der Waals surface area contributed by atoms with Crippen molar-refractivity contribution >= 4 is 10.9 Å². The second kappa shape index (κ2) is 5.63. The summed E-state index contributed by atoms with van der Waals surface area (Å²) in [7, 11) is 0. The lowest BCUT2D eigenvalue weighted by atomic mass is 10.1. The highest BCUT2D eigenvalue weighted by Crippen LogP contribution is 2.15. The van der Waals surface area contributed by atoms with Crippen molar-refractivity contribution in [3.8, 4) is 0 Å². The number of rotatable bonds is 5. The van der Waals surface area contributed by atoms with E-state index in [1.54, 1.807) is 6.33 Å². The van der Waals surface area contributed by atoms with Gasteiger partial charge in [-0.05, 0) is 24.6 Å². The standard InChI is InChI=1S/C15H16N4/c1-3-12-5-2-7-18-15(12)13(4-1)6-8-16-9-14-10-17-11-19-14/h1-5,7,10-11,16H,6,8-9H2,(H,17,19). The molecule has 3 aromatic rings. The van der Waals surface area contributed by atoms with Crippen LogP contribution < -0.4 is 5.32 Å². The third-order valence-corrected chi connectivity index (χ3v) is 3.16. The van der Waals surface area contributed by atoms with Gasteiger partial charge in [0, 0.05) is 30.0 Å². The average Bonchev–Trinajstić information content (AvgIpc) is 2.97. The molecule has 3 rings (SSSR count). The van der Waals surface area contributed by atoms with Gasteiger partial charge in [-0.15, -0.1) is 0 Å². The molecule has 0 aliphatic carbocycles. The highest BCUT2D eigenvalue weighted by atomic mass is 14.9. The van der Waals surface area contributed by atoms with E-state index in [1.807, 2.05) is 18.5 Å². The third kappa shape index (κ3) is 2.80. The Hall–Kier alpha value is -2.20. The third-order valence-electron chi connectivity index (χ3n) is 3.16. The summed E-state index contributed by atoms with van der Waals surface area (Å²) in [6.07, 6.45) is 6.37. The minimum absolute atomic E-state index is 0.818. The number of fused-ring (bicyclic) bond motifs is 1. The zero-order valence-corrected chi connectivity index (χ0v) is 10.6. The summed E-state index contributed by atoms with van der Waals surface area (Å²) < 4.78 is 0. The highest BCUT2D eigenvalue weighted by Gasteiger charge is 2.01. The minimum Gasteiger partial charge on any atom is -0.347 e. The fourth-order valence-electron chi connectivity index (χ4n) is 2.20. The lowest BCUT2D eigenvalue weighted by molar-refractivity contribution is 0.678. The van der Waals surface area contributed by atoms with Crippen LogP contribution in [0.25, 0.3) is 10.9 Å². The number of para-hydroxylation sites is 1. The molecule has 0 amide bonds. The maximum atomic E-state index is 4.47. The van der Waals surface area contributed by atoms with Crippen molar-refractivity contribution in [2.75, 3.05) is 6.54 Å². The van der Waals surface area contributed by atoms with E-state index in [4.69, 9.17) is 0 Å². The number of aromatic amines is 1. The SMILES string of the molecule is c1cnc2c(CCNCc3cnc[nH]3)cccc2c1. The maximum Gasteiger partial charge on any atom is 0.0922 e. The molecule has 0 fully saturated rings. The molecule has 0 aliphatic rings. The molecular formula is C15H16N4. The molecule has 4 nitrogen and oxygen atoms in total. The van der Waals surface area contributed by atoms with E-state index in [2.05, 4.69) is 44.5 Å². The molecule has 2 N–H and O–H groups in total. The number of nitrogens with zero attached hydrogens (tertiary/aromatic N) is 2. The minimum atomic E-state index is 0.818. The Morgan fingerprint density at radius 2 is 2.11 bits per heavy atom. The van der Waals surface area contributed by atoms with E-state index in [0.29, 0.717) is 0 Å². The monoisotopic (exact) mass is 252 g/mol. The number of aromatic nitrogens is 3. The van der Waals surface area contributed by atoms with Gasteiger partial charge in [-0.25, -0.2) is 4.98 Å². The first-order valence-corrected chi connectivity index (χ1v) is 6.44. The first kappa shape index (κ1) is 11.9. The van der Waals surface area contributed by atoms with Crippen LogP contribution in [0.1, 0.15) is 11.3 Å². The number of benzene rings is 1. The van der Waals surface area contributed by atoms with Crippen LogP contribution in [0.2, 0.25) is 0 Å². The van der Waals surface area contributed by atoms with Crippen molar-refractivity contribution in [2.24, 2.45) is 0 Å². The van der Waals surface area contributed by atoms with Crippen molar-refractivity contribution in [1.82, 2.24) is 20.3 Å². The molecule has 0 unspecified atom stereocenters. The van der Waals surface area contributed by atoms with E-state index in [0.717, 1.165) is 30.7 Å². The fraction of sp³-hybridized carbons (Fsp3) is 0.200. The van der Waals surface area contributed by atoms with Crippen LogP contribution in [-0.2, 0) is 13.0 Å². The van der Waals surface area contributed by atoms with Gasteiger partial charge in [0.25, 0.3) is 0 Å². The fourth-order valence-corrected chi connectivity index (χ4v) is 2.20. The van der Waals surface area contributed by atoms with Gasteiger partial charge in [0.05, 0.1) is 11.8 Å². The molecule has 0 bridgehead atoms. The van der Waals surface area contributed by atoms with Gasteiger partial charge in [0.1, 0.15) is 0 Å². The predicted octanol–water partition coefficient (Wildman–Crippen LogP) is 2.29. The summed E-state index contributed by atoms with van der Waals surface area (Å²) >= 11 is 0. The van der Waals surface area contributed by atoms with Crippen LogP contribution in [0.3, 0.4) is 0 Å². The highest BCUT2D eigenvalue weighted by molar-refractivity contribution is 5.81. The van der Waals surface area contributed by atoms with Gasteiger partial charge in [-0.1, -0.05) is 24.3 Å². The van der Waals surface area contributed by atoms with E-state index in [1.165, 1.54) is 10.9 Å². The van der Waals surface area contributed by atoms with E-state index < -0.39 is 0 Å². The Morgan fingerprint density at radius 1 is 1.16 bits per heavy atom. The number of imidazole rings is 1. The van der Waals surface area contributed by atoms with E-state index in [9.17, 15) is 0 Å². The Morgan fingerprint density at radius 3 is 3.00 bits per heavy atom. The van der Waals surface area contributed by atoms with E-state index >= 15 is 0 Å². The van der Waals surface area contributed by atoms with Gasteiger partial charge < -0.3 is 10.3 Å². The Balaban J connectivity index is 1.62. The second-order valence-corrected chi connectivity index (χ2v) is 4.50. The predicted molar refractivity (Wildman–Crippen MR) is 75.7 cm³/mol. The van der Waals surface area contributed by atoms with Gasteiger partial charge in [0.15, 0.2) is 0 Å². The molecule has 2 heterocycles. The molecule has 19 heavy (non-hydrogen) atoms. The van der Waals surface area contributed by atoms with Crippen LogP contribution in [0, 0.1) is 0 Å². The normalized spacial score (nSPS) is 10.9. The molecular weight excluding hydrogens is 236 g/mol. The summed E-state index contributed by atoms with van der Waals surface area (Å²) in [5, 5.41) is 4.60. The summed E-state index contributed by atoms with van der Waals surface area (Å²) in [4.78, 5) is 11.5.